The number of ether oxygens (including phenoxy) is 1. The molecule has 0 atom stereocenters. The number of aromatic nitrogens is 3. The minimum atomic E-state index is -0.391. The van der Waals surface area contributed by atoms with E-state index in [0.717, 1.165) is 19.3 Å². The molecule has 0 unspecified atom stereocenters. The van der Waals surface area contributed by atoms with Crippen molar-refractivity contribution in [1.82, 2.24) is 20.0 Å². The number of rotatable bonds is 5. The van der Waals surface area contributed by atoms with Crippen LogP contribution < -0.4 is 5.43 Å². The number of hydrogen-bond donors (Lipinski definition) is 2. The SMILES string of the molecule is O=C(OCC1CC1)c1cc2c(NN3CCCC3=O)ncnc2[nH]1. The van der Waals surface area contributed by atoms with E-state index in [2.05, 4.69) is 20.4 Å². The molecule has 0 bridgehead atoms. The number of H-pyrrole nitrogens is 1. The van der Waals surface area contributed by atoms with Gasteiger partial charge in [0.25, 0.3) is 0 Å². The molecule has 1 saturated carbocycles. The predicted octanol–water partition coefficient (Wildman–Crippen LogP) is 1.47. The van der Waals surface area contributed by atoms with Gasteiger partial charge in [-0.3, -0.25) is 15.2 Å². The Hall–Kier alpha value is -2.64. The van der Waals surface area contributed by atoms with Crippen LogP contribution in [0.5, 0.6) is 0 Å². The predicted molar refractivity (Wildman–Crippen MR) is 81.5 cm³/mol. The van der Waals surface area contributed by atoms with E-state index in [1.165, 1.54) is 6.33 Å². The van der Waals surface area contributed by atoms with Gasteiger partial charge in [-0.15, -0.1) is 0 Å². The van der Waals surface area contributed by atoms with Crippen molar-refractivity contribution >= 4 is 28.7 Å². The molecule has 2 aliphatic rings. The first kappa shape index (κ1) is 14.0. The lowest BCUT2D eigenvalue weighted by Gasteiger charge is -2.17. The second kappa shape index (κ2) is 5.53. The Morgan fingerprint density at radius 3 is 3.04 bits per heavy atom. The molecule has 2 fully saturated rings. The lowest BCUT2D eigenvalue weighted by Crippen LogP contribution is -2.31. The number of aromatic amines is 1. The summed E-state index contributed by atoms with van der Waals surface area (Å²) in [6, 6.07) is 1.66. The smallest absolute Gasteiger partial charge is 0.354 e. The van der Waals surface area contributed by atoms with Gasteiger partial charge in [0.05, 0.1) is 12.0 Å². The van der Waals surface area contributed by atoms with Crippen molar-refractivity contribution < 1.29 is 14.3 Å². The molecule has 4 rings (SSSR count). The van der Waals surface area contributed by atoms with Crippen LogP contribution in [0.3, 0.4) is 0 Å². The van der Waals surface area contributed by atoms with Crippen LogP contribution in [0.1, 0.15) is 36.2 Å². The summed E-state index contributed by atoms with van der Waals surface area (Å²) in [7, 11) is 0. The van der Waals surface area contributed by atoms with Crippen molar-refractivity contribution in [3.8, 4) is 0 Å². The zero-order valence-corrected chi connectivity index (χ0v) is 12.5. The van der Waals surface area contributed by atoms with E-state index in [9.17, 15) is 9.59 Å². The largest absolute Gasteiger partial charge is 0.461 e. The molecule has 0 aromatic carbocycles. The number of hydrogen-bond acceptors (Lipinski definition) is 6. The molecule has 23 heavy (non-hydrogen) atoms. The fraction of sp³-hybridized carbons (Fsp3) is 0.467. The summed E-state index contributed by atoms with van der Waals surface area (Å²) < 4.78 is 5.27. The molecule has 1 aliphatic heterocycles. The van der Waals surface area contributed by atoms with Crippen molar-refractivity contribution in [3.63, 3.8) is 0 Å². The van der Waals surface area contributed by atoms with Gasteiger partial charge in [0, 0.05) is 13.0 Å². The number of nitrogens with one attached hydrogen (secondary N) is 2. The van der Waals surface area contributed by atoms with Crippen molar-refractivity contribution in [1.29, 1.82) is 0 Å². The summed E-state index contributed by atoms with van der Waals surface area (Å²) in [6.45, 7) is 1.11. The van der Waals surface area contributed by atoms with Gasteiger partial charge in [0.2, 0.25) is 5.91 Å². The Balaban J connectivity index is 1.56. The van der Waals surface area contributed by atoms with Gasteiger partial charge >= 0.3 is 5.97 Å². The van der Waals surface area contributed by atoms with E-state index in [1.54, 1.807) is 11.1 Å². The maximum atomic E-state index is 12.1. The second-order valence-electron chi connectivity index (χ2n) is 5.97. The molecular weight excluding hydrogens is 298 g/mol. The average Bonchev–Trinajstić information content (AvgIpc) is 3.13. The first-order chi connectivity index (χ1) is 11.2. The van der Waals surface area contributed by atoms with E-state index < -0.39 is 5.97 Å². The van der Waals surface area contributed by atoms with Gasteiger partial charge in [-0.05, 0) is 31.2 Å². The zero-order valence-electron chi connectivity index (χ0n) is 12.5. The van der Waals surface area contributed by atoms with Crippen LogP contribution in [0.15, 0.2) is 12.4 Å². The Morgan fingerprint density at radius 1 is 1.43 bits per heavy atom. The second-order valence-corrected chi connectivity index (χ2v) is 5.97. The molecule has 120 valence electrons. The van der Waals surface area contributed by atoms with E-state index in [4.69, 9.17) is 4.74 Å². The highest BCUT2D eigenvalue weighted by Gasteiger charge is 2.25. The van der Waals surface area contributed by atoms with Crippen LogP contribution in [0.25, 0.3) is 11.0 Å². The number of esters is 1. The monoisotopic (exact) mass is 315 g/mol. The molecule has 1 saturated heterocycles. The lowest BCUT2D eigenvalue weighted by molar-refractivity contribution is -0.126. The van der Waals surface area contributed by atoms with Crippen molar-refractivity contribution in [2.24, 2.45) is 5.92 Å². The maximum absolute atomic E-state index is 12.1. The quantitative estimate of drug-likeness (QED) is 0.811. The molecule has 0 radical (unpaired) electrons. The Labute approximate surface area is 132 Å². The standard InChI is InChI=1S/C15H17N5O3/c21-12-2-1-5-20(12)19-14-10-6-11(18-13(10)16-8-17-14)15(22)23-7-9-3-4-9/h6,8-9H,1-5,7H2,(H2,16,17,18,19). The van der Waals surface area contributed by atoms with Crippen LogP contribution in [-0.4, -0.2) is 45.0 Å². The van der Waals surface area contributed by atoms with Crippen LogP contribution in [-0.2, 0) is 9.53 Å². The maximum Gasteiger partial charge on any atom is 0.354 e. The highest BCUT2D eigenvalue weighted by atomic mass is 16.5. The molecule has 8 nitrogen and oxygen atoms in total. The van der Waals surface area contributed by atoms with E-state index in [-0.39, 0.29) is 5.91 Å². The van der Waals surface area contributed by atoms with Gasteiger partial charge in [-0.1, -0.05) is 0 Å². The number of amides is 1. The summed E-state index contributed by atoms with van der Waals surface area (Å²) in [5, 5.41) is 2.20. The average molecular weight is 315 g/mol. The Morgan fingerprint density at radius 2 is 2.30 bits per heavy atom. The third-order valence-electron chi connectivity index (χ3n) is 4.11. The zero-order chi connectivity index (χ0) is 15.8. The molecule has 2 N–H and O–H groups in total. The number of anilines is 1. The molecule has 1 amide bonds. The lowest BCUT2D eigenvalue weighted by atomic mass is 10.3. The van der Waals surface area contributed by atoms with E-state index in [1.807, 2.05) is 0 Å². The van der Waals surface area contributed by atoms with Crippen LogP contribution >= 0.6 is 0 Å². The van der Waals surface area contributed by atoms with Gasteiger partial charge in [0.15, 0.2) is 5.82 Å². The minimum absolute atomic E-state index is 0.0383. The van der Waals surface area contributed by atoms with Gasteiger partial charge in [0.1, 0.15) is 17.7 Å². The van der Waals surface area contributed by atoms with Crippen LogP contribution in [0.2, 0.25) is 0 Å². The number of hydrazine groups is 1. The Bertz CT molecular complexity index is 768. The first-order valence-corrected chi connectivity index (χ1v) is 7.78. The first-order valence-electron chi connectivity index (χ1n) is 7.78. The highest BCUT2D eigenvalue weighted by Crippen LogP contribution is 2.29. The summed E-state index contributed by atoms with van der Waals surface area (Å²) >= 11 is 0. The molecule has 2 aromatic heterocycles. The van der Waals surface area contributed by atoms with E-state index >= 15 is 0 Å². The van der Waals surface area contributed by atoms with Crippen LogP contribution in [0.4, 0.5) is 5.82 Å². The van der Waals surface area contributed by atoms with Gasteiger partial charge < -0.3 is 9.72 Å². The fourth-order valence-electron chi connectivity index (χ4n) is 2.59. The third kappa shape index (κ3) is 2.84. The molecular formula is C15H17N5O3. The topological polar surface area (TPSA) is 100 Å². The van der Waals surface area contributed by atoms with Gasteiger partial charge in [-0.2, -0.15) is 0 Å². The number of carbonyl (C=O) groups is 2. The van der Waals surface area contributed by atoms with Crippen molar-refractivity contribution in [2.75, 3.05) is 18.6 Å². The number of nitrogens with zero attached hydrogens (tertiary/aromatic N) is 3. The highest BCUT2D eigenvalue weighted by molar-refractivity contribution is 5.97. The Kier molecular flexibility index (Phi) is 3.36. The number of carbonyl (C=O) groups excluding carboxylic acids is 2. The van der Waals surface area contributed by atoms with Crippen LogP contribution in [0, 0.1) is 5.92 Å². The molecule has 1 aliphatic carbocycles. The number of fused-ring (bicyclic) bond motifs is 1. The molecule has 2 aromatic rings. The summed E-state index contributed by atoms with van der Waals surface area (Å²) in [5.74, 6) is 0.665. The van der Waals surface area contributed by atoms with Crippen molar-refractivity contribution in [3.05, 3.63) is 18.1 Å². The summed E-state index contributed by atoms with van der Waals surface area (Å²) in [6.07, 6.45) is 5.01. The van der Waals surface area contributed by atoms with E-state index in [0.29, 0.717) is 48.0 Å². The molecule has 0 spiro atoms. The summed E-state index contributed by atoms with van der Waals surface area (Å²) in [5.41, 5.74) is 3.89. The minimum Gasteiger partial charge on any atom is -0.461 e. The van der Waals surface area contributed by atoms with Crippen molar-refractivity contribution in [2.45, 2.75) is 25.7 Å². The summed E-state index contributed by atoms with van der Waals surface area (Å²) in [4.78, 5) is 35.0. The van der Waals surface area contributed by atoms with Gasteiger partial charge in [-0.25, -0.2) is 14.8 Å². The molecule has 3 heterocycles. The fourth-order valence-corrected chi connectivity index (χ4v) is 2.59. The normalized spacial score (nSPS) is 17.7. The third-order valence-corrected chi connectivity index (χ3v) is 4.11. The molecule has 8 heteroatoms.